The molecule has 3 aliphatic heterocycles. The topological polar surface area (TPSA) is 176 Å². The Morgan fingerprint density at radius 1 is 1.06 bits per heavy atom. The maximum Gasteiger partial charge on any atom is 0.407 e. The van der Waals surface area contributed by atoms with Gasteiger partial charge in [-0.25, -0.2) is 18.0 Å². The van der Waals surface area contributed by atoms with E-state index >= 15 is 0 Å². The Hall–Kier alpha value is -3.63. The van der Waals surface area contributed by atoms with Gasteiger partial charge in [0.1, 0.15) is 0 Å². The summed E-state index contributed by atoms with van der Waals surface area (Å²) in [5.41, 5.74) is 0.248. The minimum absolute atomic E-state index is 0.0208. The van der Waals surface area contributed by atoms with Crippen LogP contribution in [-0.4, -0.2) is 111 Å². The molecule has 270 valence electrons. The van der Waals surface area contributed by atoms with E-state index in [9.17, 15) is 28.2 Å². The number of nitrogens with zero attached hydrogens (tertiary/aromatic N) is 2. The van der Waals surface area contributed by atoms with E-state index in [0.717, 1.165) is 5.56 Å². The summed E-state index contributed by atoms with van der Waals surface area (Å²) in [5, 5.41) is 28.0. The van der Waals surface area contributed by atoms with Gasteiger partial charge >= 0.3 is 12.1 Å². The van der Waals surface area contributed by atoms with Crippen LogP contribution in [0.4, 0.5) is 9.59 Å². The zero-order chi connectivity index (χ0) is 35.2. The molecule has 0 unspecified atom stereocenters. The van der Waals surface area contributed by atoms with E-state index in [1.165, 1.54) is 21.3 Å². The first-order valence-corrected chi connectivity index (χ1v) is 18.2. The molecule has 0 radical (unpaired) electrons. The molecule has 2 saturated heterocycles. The van der Waals surface area contributed by atoms with Crippen molar-refractivity contribution in [2.75, 3.05) is 46.7 Å². The molecule has 5 atom stereocenters. The zero-order valence-electron chi connectivity index (χ0n) is 28.2. The Morgan fingerprint density at radius 2 is 1.82 bits per heavy atom. The van der Waals surface area contributed by atoms with E-state index in [1.54, 1.807) is 13.1 Å². The van der Waals surface area contributed by atoms with Gasteiger partial charge < -0.3 is 39.8 Å². The largest absolute Gasteiger partial charge is 0.465 e. The SMILES string of the molecule is CNC(=O)NCCCCC(C)(C)CN(C[C@@H](O)[C@H](Cc1ccccc1)N(C(=O)O)[C@H]1CO[C@H]2OCC[C@H]21)S(=O)(=O)c1ccc2c(c1)OCO2. The van der Waals surface area contributed by atoms with Crippen molar-refractivity contribution < 1.29 is 47.2 Å². The van der Waals surface area contributed by atoms with Gasteiger partial charge in [0.15, 0.2) is 17.8 Å². The lowest BCUT2D eigenvalue weighted by Crippen LogP contribution is -2.58. The number of urea groups is 1. The number of hydrogen-bond donors (Lipinski definition) is 4. The van der Waals surface area contributed by atoms with Crippen molar-refractivity contribution in [1.29, 1.82) is 0 Å². The molecule has 5 rings (SSSR count). The van der Waals surface area contributed by atoms with Gasteiger partial charge in [-0.15, -0.1) is 0 Å². The Balaban J connectivity index is 1.43. The maximum atomic E-state index is 14.4. The number of sulfonamides is 1. The molecule has 0 saturated carbocycles. The smallest absolute Gasteiger partial charge is 0.407 e. The number of hydrogen-bond acceptors (Lipinski definition) is 9. The number of rotatable bonds is 16. The van der Waals surface area contributed by atoms with E-state index in [4.69, 9.17) is 18.9 Å². The van der Waals surface area contributed by atoms with E-state index in [-0.39, 0.29) is 49.8 Å². The number of aliphatic hydroxyl groups excluding tert-OH is 1. The van der Waals surface area contributed by atoms with E-state index < -0.39 is 46.0 Å². The minimum atomic E-state index is -4.22. The number of unbranched alkanes of at least 4 members (excludes halogenated alkanes) is 1. The molecule has 0 bridgehead atoms. The second-order valence-electron chi connectivity index (χ2n) is 13.5. The molecule has 2 fully saturated rings. The highest BCUT2D eigenvalue weighted by Crippen LogP contribution is 2.38. The van der Waals surface area contributed by atoms with Crippen LogP contribution >= 0.6 is 0 Å². The predicted octanol–water partition coefficient (Wildman–Crippen LogP) is 3.25. The highest BCUT2D eigenvalue weighted by molar-refractivity contribution is 7.89. The van der Waals surface area contributed by atoms with E-state index in [1.807, 2.05) is 44.2 Å². The van der Waals surface area contributed by atoms with E-state index in [2.05, 4.69) is 10.6 Å². The molecule has 3 heterocycles. The summed E-state index contributed by atoms with van der Waals surface area (Å²) in [7, 11) is -2.68. The zero-order valence-corrected chi connectivity index (χ0v) is 29.1. The molecule has 0 spiro atoms. The molecule has 15 heteroatoms. The number of carboxylic acid groups (broad SMARTS) is 1. The van der Waals surface area contributed by atoms with Crippen LogP contribution in [-0.2, 0) is 25.9 Å². The van der Waals surface area contributed by atoms with Crippen molar-refractivity contribution in [2.45, 2.75) is 75.3 Å². The number of ether oxygens (including phenoxy) is 4. The van der Waals surface area contributed by atoms with Gasteiger partial charge in [0.2, 0.25) is 16.8 Å². The van der Waals surface area contributed by atoms with Crippen molar-refractivity contribution in [2.24, 2.45) is 11.3 Å². The summed E-state index contributed by atoms with van der Waals surface area (Å²) < 4.78 is 52.4. The molecule has 4 N–H and O–H groups in total. The summed E-state index contributed by atoms with van der Waals surface area (Å²) >= 11 is 0. The van der Waals surface area contributed by atoms with Crippen LogP contribution in [0.5, 0.6) is 11.5 Å². The lowest BCUT2D eigenvalue weighted by atomic mass is 9.87. The van der Waals surface area contributed by atoms with Gasteiger partial charge in [-0.2, -0.15) is 4.31 Å². The monoisotopic (exact) mass is 704 g/mol. The Morgan fingerprint density at radius 3 is 2.55 bits per heavy atom. The fourth-order valence-corrected chi connectivity index (χ4v) is 8.54. The standard InChI is InChI=1S/C34H48N4O10S/c1-34(2,14-7-8-15-36-32(40)35-3)21-37(49(43,44)24-11-12-29-30(18-24)48-22-47-29)19-28(39)26(17-23-9-5-4-6-10-23)38(33(41)42)27-20-46-31-25(27)13-16-45-31/h4-6,9-12,18,25-28,31,39H,7-8,13-17,19-22H2,1-3H3,(H,41,42)(H2,35,36,40)/t25-,26-,27-,28+,31+/m0/s1. The first-order chi connectivity index (χ1) is 23.4. The quantitative estimate of drug-likeness (QED) is 0.190. The second kappa shape index (κ2) is 15.9. The number of benzene rings is 2. The third-order valence-electron chi connectivity index (χ3n) is 9.45. The van der Waals surface area contributed by atoms with Crippen LogP contribution in [0, 0.1) is 11.3 Å². The average Bonchev–Trinajstić information content (AvgIpc) is 3.82. The van der Waals surface area contributed by atoms with Gasteiger partial charge in [-0.3, -0.25) is 4.90 Å². The number of amides is 3. The highest BCUT2D eigenvalue weighted by Gasteiger charge is 2.49. The van der Waals surface area contributed by atoms with Crippen LogP contribution in [0.3, 0.4) is 0 Å². The molecule has 0 aliphatic carbocycles. The lowest BCUT2D eigenvalue weighted by molar-refractivity contribution is -0.0906. The third-order valence-corrected chi connectivity index (χ3v) is 11.3. The Bertz CT molecular complexity index is 1540. The Labute approximate surface area is 287 Å². The molecule has 49 heavy (non-hydrogen) atoms. The molecular weight excluding hydrogens is 656 g/mol. The minimum Gasteiger partial charge on any atom is -0.465 e. The number of carbonyl (C=O) groups is 2. The number of carbonyl (C=O) groups excluding carboxylic acids is 1. The van der Waals surface area contributed by atoms with Crippen molar-refractivity contribution >= 4 is 22.1 Å². The molecule has 2 aromatic carbocycles. The van der Waals surface area contributed by atoms with Crippen LogP contribution < -0.4 is 20.1 Å². The number of nitrogens with one attached hydrogen (secondary N) is 2. The van der Waals surface area contributed by atoms with Crippen LogP contribution in [0.25, 0.3) is 0 Å². The summed E-state index contributed by atoms with van der Waals surface area (Å²) in [6, 6.07) is 11.8. The first-order valence-electron chi connectivity index (χ1n) is 16.7. The molecule has 2 aromatic rings. The highest BCUT2D eigenvalue weighted by atomic mass is 32.2. The lowest BCUT2D eigenvalue weighted by Gasteiger charge is -2.40. The van der Waals surface area contributed by atoms with Gasteiger partial charge in [0.05, 0.1) is 36.3 Å². The molecule has 14 nitrogen and oxygen atoms in total. The van der Waals surface area contributed by atoms with Crippen LogP contribution in [0.2, 0.25) is 0 Å². The summed E-state index contributed by atoms with van der Waals surface area (Å²) in [6.07, 6.45) is -0.345. The summed E-state index contributed by atoms with van der Waals surface area (Å²) in [4.78, 5) is 25.8. The fraction of sp³-hybridized carbons (Fsp3) is 0.588. The maximum absolute atomic E-state index is 14.4. The molecule has 3 aliphatic rings. The molecule has 0 aromatic heterocycles. The van der Waals surface area contributed by atoms with Gasteiger partial charge in [-0.05, 0) is 48.8 Å². The number of aliphatic hydroxyl groups is 1. The van der Waals surface area contributed by atoms with Crippen molar-refractivity contribution in [3.05, 3.63) is 54.1 Å². The number of fused-ring (bicyclic) bond motifs is 2. The van der Waals surface area contributed by atoms with Gasteiger partial charge in [0, 0.05) is 38.7 Å². The van der Waals surface area contributed by atoms with Gasteiger partial charge in [-0.1, -0.05) is 50.6 Å². The summed E-state index contributed by atoms with van der Waals surface area (Å²) in [5.74, 6) is 0.536. The van der Waals surface area contributed by atoms with Crippen molar-refractivity contribution in [1.82, 2.24) is 19.8 Å². The third kappa shape index (κ3) is 8.94. The van der Waals surface area contributed by atoms with Crippen molar-refractivity contribution in [3.8, 4) is 11.5 Å². The van der Waals surface area contributed by atoms with Crippen LogP contribution in [0.15, 0.2) is 53.4 Å². The fourth-order valence-electron chi connectivity index (χ4n) is 6.87. The first kappa shape index (κ1) is 36.6. The normalized spacial score (nSPS) is 21.3. The second-order valence-corrected chi connectivity index (χ2v) is 15.5. The average molecular weight is 705 g/mol. The van der Waals surface area contributed by atoms with Crippen LogP contribution in [0.1, 0.15) is 45.1 Å². The Kier molecular flexibility index (Phi) is 11.9. The molecule has 3 amide bonds. The van der Waals surface area contributed by atoms with E-state index in [0.29, 0.717) is 50.3 Å². The predicted molar refractivity (Wildman–Crippen MR) is 179 cm³/mol. The van der Waals surface area contributed by atoms with Gasteiger partial charge in [0.25, 0.3) is 0 Å². The van der Waals surface area contributed by atoms with Crippen molar-refractivity contribution in [3.63, 3.8) is 0 Å². The summed E-state index contributed by atoms with van der Waals surface area (Å²) in [6.45, 7) is 4.59. The molecular formula is C34H48N4O10S.